The minimum absolute atomic E-state index is 0.145. The van der Waals surface area contributed by atoms with Gasteiger partial charge in [-0.25, -0.2) is 4.39 Å². The lowest BCUT2D eigenvalue weighted by Gasteiger charge is -2.01. The summed E-state index contributed by atoms with van der Waals surface area (Å²) in [6, 6.07) is 2.73. The summed E-state index contributed by atoms with van der Waals surface area (Å²) in [5.74, 6) is -1.10. The molecule has 0 unspecified atom stereocenters. The van der Waals surface area contributed by atoms with Crippen molar-refractivity contribution in [3.63, 3.8) is 0 Å². The van der Waals surface area contributed by atoms with Gasteiger partial charge < -0.3 is 10.2 Å². The number of aliphatic hydroxyl groups excluding tert-OH is 1. The maximum absolute atomic E-state index is 12.9. The summed E-state index contributed by atoms with van der Waals surface area (Å²) >= 11 is 3.09. The van der Waals surface area contributed by atoms with E-state index in [-0.39, 0.29) is 6.61 Å². The number of phenolic OH excluding ortho intramolecular Hbond substituents is 1. The molecule has 0 radical (unpaired) electrons. The highest BCUT2D eigenvalue weighted by Gasteiger charge is 2.05. The molecule has 0 aromatic heterocycles. The van der Waals surface area contributed by atoms with Crippen molar-refractivity contribution in [2.24, 2.45) is 0 Å². The van der Waals surface area contributed by atoms with Crippen LogP contribution in [0.15, 0.2) is 22.7 Å². The summed E-state index contributed by atoms with van der Waals surface area (Å²) in [6.07, 6.45) is 2.87. The molecular weight excluding hydrogens is 239 g/mol. The van der Waals surface area contributed by atoms with Gasteiger partial charge in [-0.1, -0.05) is 28.1 Å². The van der Waals surface area contributed by atoms with E-state index in [0.717, 1.165) is 0 Å². The van der Waals surface area contributed by atoms with Gasteiger partial charge >= 0.3 is 0 Å². The zero-order valence-corrected chi connectivity index (χ0v) is 8.25. The number of aromatic hydroxyl groups is 1. The Hall–Kier alpha value is -0.870. The Balaban J connectivity index is 3.12. The normalized spacial score (nSPS) is 11.0. The Labute approximate surface area is 83.5 Å². The van der Waals surface area contributed by atoms with Crippen LogP contribution in [0.5, 0.6) is 5.75 Å². The van der Waals surface area contributed by atoms with E-state index in [9.17, 15) is 9.50 Å². The lowest BCUT2D eigenvalue weighted by atomic mass is 10.2. The summed E-state index contributed by atoms with van der Waals surface area (Å²) in [5, 5.41) is 17.7. The van der Waals surface area contributed by atoms with Crippen molar-refractivity contribution < 1.29 is 14.6 Å². The number of rotatable bonds is 2. The standard InChI is InChI=1S/C9H8BrFO2/c10-7-4-6(2-1-3-12)9(13)8(11)5-7/h1-2,4-5,12-13H,3H2/b2-1+. The molecule has 0 bridgehead atoms. The van der Waals surface area contributed by atoms with Gasteiger partial charge in [0.25, 0.3) is 0 Å². The number of hydrogen-bond acceptors (Lipinski definition) is 2. The zero-order chi connectivity index (χ0) is 9.84. The molecule has 70 valence electrons. The van der Waals surface area contributed by atoms with Crippen LogP contribution in [-0.4, -0.2) is 16.8 Å². The maximum Gasteiger partial charge on any atom is 0.166 e. The number of hydrogen-bond donors (Lipinski definition) is 2. The lowest BCUT2D eigenvalue weighted by Crippen LogP contribution is -1.82. The molecule has 1 rings (SSSR count). The highest BCUT2D eigenvalue weighted by Crippen LogP contribution is 2.26. The van der Waals surface area contributed by atoms with Crippen molar-refractivity contribution in [1.82, 2.24) is 0 Å². The Bertz CT molecular complexity index is 337. The van der Waals surface area contributed by atoms with Gasteiger partial charge in [-0.15, -0.1) is 0 Å². The van der Waals surface area contributed by atoms with Gasteiger partial charge in [-0.05, 0) is 12.1 Å². The van der Waals surface area contributed by atoms with E-state index in [0.29, 0.717) is 10.0 Å². The van der Waals surface area contributed by atoms with Crippen LogP contribution in [0.25, 0.3) is 6.08 Å². The van der Waals surface area contributed by atoms with Gasteiger partial charge in [0.2, 0.25) is 0 Å². The predicted molar refractivity (Wildman–Crippen MR) is 51.9 cm³/mol. The van der Waals surface area contributed by atoms with E-state index in [2.05, 4.69) is 15.9 Å². The van der Waals surface area contributed by atoms with Crippen LogP contribution >= 0.6 is 15.9 Å². The molecule has 2 nitrogen and oxygen atoms in total. The van der Waals surface area contributed by atoms with Crippen molar-refractivity contribution in [2.75, 3.05) is 6.61 Å². The van der Waals surface area contributed by atoms with Gasteiger partial charge in [0.15, 0.2) is 11.6 Å². The molecule has 1 aromatic carbocycles. The largest absolute Gasteiger partial charge is 0.504 e. The second-order valence-corrected chi connectivity index (χ2v) is 3.33. The quantitative estimate of drug-likeness (QED) is 0.841. The summed E-state index contributed by atoms with van der Waals surface area (Å²) in [6.45, 7) is -0.145. The fourth-order valence-electron chi connectivity index (χ4n) is 0.893. The molecule has 0 aliphatic carbocycles. The van der Waals surface area contributed by atoms with E-state index in [1.165, 1.54) is 18.2 Å². The van der Waals surface area contributed by atoms with Crippen molar-refractivity contribution in [1.29, 1.82) is 0 Å². The molecule has 0 fully saturated rings. The molecule has 0 atom stereocenters. The lowest BCUT2D eigenvalue weighted by molar-refractivity contribution is 0.343. The van der Waals surface area contributed by atoms with Gasteiger partial charge in [0, 0.05) is 10.0 Å². The second-order valence-electron chi connectivity index (χ2n) is 2.41. The van der Waals surface area contributed by atoms with Crippen molar-refractivity contribution in [3.8, 4) is 5.75 Å². The highest BCUT2D eigenvalue weighted by atomic mass is 79.9. The zero-order valence-electron chi connectivity index (χ0n) is 6.67. The average molecular weight is 247 g/mol. The van der Waals surface area contributed by atoms with E-state index >= 15 is 0 Å². The van der Waals surface area contributed by atoms with E-state index < -0.39 is 11.6 Å². The molecule has 13 heavy (non-hydrogen) atoms. The Morgan fingerprint density at radius 1 is 1.46 bits per heavy atom. The summed E-state index contributed by atoms with van der Waals surface area (Å²) < 4.78 is 13.4. The minimum atomic E-state index is -0.688. The number of halogens is 2. The van der Waals surface area contributed by atoms with Gasteiger partial charge in [0.05, 0.1) is 6.61 Å². The van der Waals surface area contributed by atoms with Crippen LogP contribution in [0, 0.1) is 5.82 Å². The van der Waals surface area contributed by atoms with Crippen LogP contribution in [0.1, 0.15) is 5.56 Å². The van der Waals surface area contributed by atoms with Crippen LogP contribution < -0.4 is 0 Å². The number of benzene rings is 1. The molecule has 0 aliphatic heterocycles. The Morgan fingerprint density at radius 3 is 2.77 bits per heavy atom. The van der Waals surface area contributed by atoms with Gasteiger partial charge in [-0.3, -0.25) is 0 Å². The number of aliphatic hydroxyl groups is 1. The summed E-state index contributed by atoms with van der Waals surface area (Å²) in [5.41, 5.74) is 0.334. The topological polar surface area (TPSA) is 40.5 Å². The van der Waals surface area contributed by atoms with Crippen molar-refractivity contribution in [2.45, 2.75) is 0 Å². The van der Waals surface area contributed by atoms with Crippen LogP contribution in [0.2, 0.25) is 0 Å². The van der Waals surface area contributed by atoms with Crippen molar-refractivity contribution in [3.05, 3.63) is 34.1 Å². The maximum atomic E-state index is 12.9. The molecule has 0 spiro atoms. The second kappa shape index (κ2) is 4.39. The molecule has 0 aliphatic rings. The molecular formula is C9H8BrFO2. The third-order valence-corrected chi connectivity index (χ3v) is 1.92. The van der Waals surface area contributed by atoms with Crippen LogP contribution in [0.4, 0.5) is 4.39 Å². The Kier molecular flexibility index (Phi) is 3.45. The smallest absolute Gasteiger partial charge is 0.166 e. The van der Waals surface area contributed by atoms with E-state index in [4.69, 9.17) is 5.11 Å². The first-order valence-electron chi connectivity index (χ1n) is 3.60. The minimum Gasteiger partial charge on any atom is -0.504 e. The molecule has 0 saturated carbocycles. The van der Waals surface area contributed by atoms with E-state index in [1.807, 2.05) is 0 Å². The summed E-state index contributed by atoms with van der Waals surface area (Å²) in [4.78, 5) is 0. The first-order valence-corrected chi connectivity index (χ1v) is 4.40. The highest BCUT2D eigenvalue weighted by molar-refractivity contribution is 9.10. The average Bonchev–Trinajstić information content (AvgIpc) is 2.09. The molecule has 0 heterocycles. The molecule has 4 heteroatoms. The fourth-order valence-corrected chi connectivity index (χ4v) is 1.34. The van der Waals surface area contributed by atoms with Crippen molar-refractivity contribution >= 4 is 22.0 Å². The van der Waals surface area contributed by atoms with Crippen LogP contribution in [-0.2, 0) is 0 Å². The molecule has 0 saturated heterocycles. The molecule has 0 amide bonds. The first-order chi connectivity index (χ1) is 6.15. The van der Waals surface area contributed by atoms with Crippen LogP contribution in [0.3, 0.4) is 0 Å². The predicted octanol–water partition coefficient (Wildman–Crippen LogP) is 2.30. The third-order valence-electron chi connectivity index (χ3n) is 1.46. The van der Waals surface area contributed by atoms with Gasteiger partial charge in [0.1, 0.15) is 0 Å². The number of phenols is 1. The summed E-state index contributed by atoms with van der Waals surface area (Å²) in [7, 11) is 0. The molecule has 2 N–H and O–H groups in total. The molecule has 1 aromatic rings. The van der Waals surface area contributed by atoms with E-state index in [1.54, 1.807) is 6.07 Å². The SMILES string of the molecule is OC/C=C/c1cc(Br)cc(F)c1O. The monoisotopic (exact) mass is 246 g/mol. The Morgan fingerprint density at radius 2 is 2.15 bits per heavy atom. The van der Waals surface area contributed by atoms with Gasteiger partial charge in [-0.2, -0.15) is 0 Å². The third kappa shape index (κ3) is 2.54. The first kappa shape index (κ1) is 10.2. The fraction of sp³-hybridized carbons (Fsp3) is 0.111.